The maximum absolute atomic E-state index is 6.69. The average molecular weight is 300 g/mol. The second kappa shape index (κ2) is 5.90. The molecule has 0 unspecified atom stereocenters. The summed E-state index contributed by atoms with van der Waals surface area (Å²) in [6.45, 7) is 4.49. The lowest BCUT2D eigenvalue weighted by Crippen LogP contribution is -2.38. The fraction of sp³-hybridized carbons (Fsp3) is 0.500. The number of nitrogens with two attached hydrogens (primary N) is 1. The van der Waals surface area contributed by atoms with Gasteiger partial charge in [0.2, 0.25) is 0 Å². The molecule has 0 atom stereocenters. The van der Waals surface area contributed by atoms with Crippen molar-refractivity contribution >= 4 is 11.3 Å². The molecule has 0 aliphatic heterocycles. The Labute approximate surface area is 131 Å². The molecule has 1 aromatic carbocycles. The van der Waals surface area contributed by atoms with Crippen LogP contribution in [0.25, 0.3) is 11.3 Å². The van der Waals surface area contributed by atoms with Crippen LogP contribution < -0.4 is 5.73 Å². The zero-order valence-electron chi connectivity index (χ0n) is 12.9. The Bertz CT molecular complexity index is 595. The Kier molecular flexibility index (Phi) is 4.14. The quantitative estimate of drug-likeness (QED) is 0.861. The molecule has 3 rings (SSSR count). The van der Waals surface area contributed by atoms with Gasteiger partial charge < -0.3 is 5.73 Å². The first kappa shape index (κ1) is 14.7. The smallest absolute Gasteiger partial charge is 0.113 e. The minimum absolute atomic E-state index is 0.195. The molecule has 1 saturated carbocycles. The highest BCUT2D eigenvalue weighted by atomic mass is 32.1. The zero-order chi connectivity index (χ0) is 14.9. The van der Waals surface area contributed by atoms with Gasteiger partial charge in [-0.1, -0.05) is 63.4 Å². The van der Waals surface area contributed by atoms with Gasteiger partial charge in [-0.2, -0.15) is 0 Å². The summed E-state index contributed by atoms with van der Waals surface area (Å²) in [5.74, 6) is 0.485. The van der Waals surface area contributed by atoms with Gasteiger partial charge in [-0.15, -0.1) is 11.3 Å². The highest BCUT2D eigenvalue weighted by Gasteiger charge is 2.34. The van der Waals surface area contributed by atoms with Gasteiger partial charge >= 0.3 is 0 Å². The van der Waals surface area contributed by atoms with Crippen molar-refractivity contribution in [2.45, 2.75) is 57.4 Å². The molecule has 1 aromatic heterocycles. The lowest BCUT2D eigenvalue weighted by Gasteiger charge is -2.31. The van der Waals surface area contributed by atoms with Crippen molar-refractivity contribution in [3.63, 3.8) is 0 Å². The van der Waals surface area contributed by atoms with Gasteiger partial charge in [-0.25, -0.2) is 4.98 Å². The van der Waals surface area contributed by atoms with Crippen LogP contribution in [-0.2, 0) is 5.54 Å². The van der Waals surface area contributed by atoms with E-state index >= 15 is 0 Å². The minimum Gasteiger partial charge on any atom is -0.319 e. The maximum atomic E-state index is 6.69. The first-order valence-corrected chi connectivity index (χ1v) is 8.77. The molecule has 2 aromatic rings. The summed E-state index contributed by atoms with van der Waals surface area (Å²) >= 11 is 1.83. The summed E-state index contributed by atoms with van der Waals surface area (Å²) in [7, 11) is 0. The highest BCUT2D eigenvalue weighted by Crippen LogP contribution is 2.42. The molecule has 21 heavy (non-hydrogen) atoms. The van der Waals surface area contributed by atoms with E-state index in [2.05, 4.69) is 44.2 Å². The van der Waals surface area contributed by atoms with E-state index in [1.165, 1.54) is 29.7 Å². The molecule has 112 valence electrons. The van der Waals surface area contributed by atoms with Crippen LogP contribution >= 0.6 is 11.3 Å². The third-order valence-electron chi connectivity index (χ3n) is 4.40. The number of rotatable bonds is 3. The summed E-state index contributed by atoms with van der Waals surface area (Å²) in [4.78, 5) is 6.36. The first-order valence-electron chi connectivity index (χ1n) is 7.96. The Morgan fingerprint density at radius 1 is 1.10 bits per heavy atom. The Hall–Kier alpha value is -1.19. The Morgan fingerprint density at radius 3 is 2.38 bits per heavy atom. The summed E-state index contributed by atoms with van der Waals surface area (Å²) in [6.07, 6.45) is 5.92. The van der Waals surface area contributed by atoms with Crippen LogP contribution in [0.5, 0.6) is 0 Å². The average Bonchev–Trinajstić information content (AvgIpc) is 2.95. The summed E-state index contributed by atoms with van der Waals surface area (Å²) in [5, 5.41) is 1.14. The predicted octanol–water partition coefficient (Wildman–Crippen LogP) is 5.05. The zero-order valence-corrected chi connectivity index (χ0v) is 13.7. The minimum atomic E-state index is -0.195. The molecule has 0 amide bonds. The number of hydrogen-bond acceptors (Lipinski definition) is 3. The van der Waals surface area contributed by atoms with Gasteiger partial charge in [0.1, 0.15) is 5.01 Å². The number of nitrogens with zero attached hydrogens (tertiary/aromatic N) is 1. The topological polar surface area (TPSA) is 38.9 Å². The van der Waals surface area contributed by atoms with Crippen molar-refractivity contribution in [3.8, 4) is 11.3 Å². The molecule has 0 saturated heterocycles. The number of benzene rings is 1. The van der Waals surface area contributed by atoms with E-state index in [1.54, 1.807) is 0 Å². The molecule has 0 spiro atoms. The van der Waals surface area contributed by atoms with Crippen molar-refractivity contribution in [3.05, 3.63) is 40.2 Å². The van der Waals surface area contributed by atoms with Crippen LogP contribution in [0.2, 0.25) is 0 Å². The van der Waals surface area contributed by atoms with Gasteiger partial charge in [-0.05, 0) is 18.8 Å². The molecule has 2 N–H and O–H groups in total. The number of hydrogen-bond donors (Lipinski definition) is 1. The van der Waals surface area contributed by atoms with Crippen molar-refractivity contribution in [2.24, 2.45) is 5.73 Å². The molecular weight excluding hydrogens is 276 g/mol. The molecule has 1 aliphatic rings. The molecule has 1 fully saturated rings. The predicted molar refractivity (Wildman–Crippen MR) is 90.6 cm³/mol. The molecule has 1 heterocycles. The Morgan fingerprint density at radius 2 is 1.76 bits per heavy atom. The van der Waals surface area contributed by atoms with E-state index in [9.17, 15) is 0 Å². The van der Waals surface area contributed by atoms with E-state index in [-0.39, 0.29) is 5.54 Å². The van der Waals surface area contributed by atoms with Crippen LogP contribution in [0.1, 0.15) is 61.8 Å². The molecule has 1 aliphatic carbocycles. The second-order valence-electron chi connectivity index (χ2n) is 6.47. The molecule has 0 bridgehead atoms. The van der Waals surface area contributed by atoms with E-state index in [0.717, 1.165) is 23.5 Å². The SMILES string of the molecule is CC(C)c1sc(C2(N)CCCCC2)nc1-c1ccccc1. The van der Waals surface area contributed by atoms with Crippen molar-refractivity contribution in [1.29, 1.82) is 0 Å². The van der Waals surface area contributed by atoms with Gasteiger partial charge in [0.15, 0.2) is 0 Å². The molecule has 0 radical (unpaired) electrons. The van der Waals surface area contributed by atoms with Crippen LogP contribution in [0, 0.1) is 0 Å². The van der Waals surface area contributed by atoms with Gasteiger partial charge in [0, 0.05) is 10.4 Å². The monoisotopic (exact) mass is 300 g/mol. The molecule has 2 nitrogen and oxygen atoms in total. The lowest BCUT2D eigenvalue weighted by atomic mass is 9.83. The van der Waals surface area contributed by atoms with E-state index in [4.69, 9.17) is 10.7 Å². The van der Waals surface area contributed by atoms with E-state index < -0.39 is 0 Å². The third-order valence-corrected chi connectivity index (χ3v) is 5.97. The highest BCUT2D eigenvalue weighted by molar-refractivity contribution is 7.12. The lowest BCUT2D eigenvalue weighted by molar-refractivity contribution is 0.301. The molecule has 3 heteroatoms. The van der Waals surface area contributed by atoms with Crippen molar-refractivity contribution in [1.82, 2.24) is 4.98 Å². The standard InChI is InChI=1S/C18H24N2S/c1-13(2)16-15(14-9-5-3-6-10-14)20-17(21-16)18(19)11-7-4-8-12-18/h3,5-6,9-10,13H,4,7-8,11-12,19H2,1-2H3. The summed E-state index contributed by atoms with van der Waals surface area (Å²) < 4.78 is 0. The van der Waals surface area contributed by atoms with Crippen LogP contribution in [0.3, 0.4) is 0 Å². The van der Waals surface area contributed by atoms with Gasteiger partial charge in [0.25, 0.3) is 0 Å². The van der Waals surface area contributed by atoms with E-state index in [0.29, 0.717) is 5.92 Å². The maximum Gasteiger partial charge on any atom is 0.113 e. The van der Waals surface area contributed by atoms with Crippen LogP contribution in [-0.4, -0.2) is 4.98 Å². The van der Waals surface area contributed by atoms with Crippen LogP contribution in [0.4, 0.5) is 0 Å². The fourth-order valence-electron chi connectivity index (χ4n) is 3.14. The van der Waals surface area contributed by atoms with Crippen LogP contribution in [0.15, 0.2) is 30.3 Å². The Balaban J connectivity index is 2.04. The fourth-order valence-corrected chi connectivity index (χ4v) is 4.38. The summed E-state index contributed by atoms with van der Waals surface area (Å²) in [5.41, 5.74) is 8.84. The van der Waals surface area contributed by atoms with Crippen molar-refractivity contribution in [2.75, 3.05) is 0 Å². The van der Waals surface area contributed by atoms with E-state index in [1.807, 2.05) is 11.3 Å². The number of aromatic nitrogens is 1. The van der Waals surface area contributed by atoms with Gasteiger partial charge in [-0.3, -0.25) is 0 Å². The van der Waals surface area contributed by atoms with Gasteiger partial charge in [0.05, 0.1) is 11.2 Å². The largest absolute Gasteiger partial charge is 0.319 e. The summed E-state index contributed by atoms with van der Waals surface area (Å²) in [6, 6.07) is 10.5. The second-order valence-corrected chi connectivity index (χ2v) is 7.50. The molecular formula is C18H24N2S. The first-order chi connectivity index (χ1) is 10.1. The third kappa shape index (κ3) is 2.90. The normalized spacial score (nSPS) is 18.1. The van der Waals surface area contributed by atoms with Crippen molar-refractivity contribution < 1.29 is 0 Å². The number of thiazole rings is 1.